The average molecular weight is 251 g/mol. The van der Waals surface area contributed by atoms with Gasteiger partial charge in [-0.2, -0.15) is 0 Å². The largest absolute Gasteiger partial charge is 0.316 e. The van der Waals surface area contributed by atoms with Crippen molar-refractivity contribution in [3.63, 3.8) is 0 Å². The Kier molecular flexibility index (Phi) is 10.4. The zero-order chi connectivity index (χ0) is 8.97. The van der Waals surface area contributed by atoms with Crippen LogP contribution in [0.5, 0.6) is 0 Å². The molecule has 1 atom stereocenters. The SMILES string of the molecule is CN(CC(F)F)CC1CCNC1.Cl.Cl. The maximum atomic E-state index is 11.9. The monoisotopic (exact) mass is 250 g/mol. The molecule has 1 saturated heterocycles. The van der Waals surface area contributed by atoms with E-state index in [9.17, 15) is 8.78 Å². The van der Waals surface area contributed by atoms with Crippen molar-refractivity contribution >= 4 is 24.8 Å². The predicted octanol–water partition coefficient (Wildman–Crippen LogP) is 1.64. The van der Waals surface area contributed by atoms with Crippen LogP contribution in [0.25, 0.3) is 0 Å². The molecule has 0 aromatic rings. The van der Waals surface area contributed by atoms with Gasteiger partial charge in [0.2, 0.25) is 0 Å². The Hall–Kier alpha value is 0.360. The van der Waals surface area contributed by atoms with Gasteiger partial charge in [-0.05, 0) is 32.5 Å². The third kappa shape index (κ3) is 6.76. The van der Waals surface area contributed by atoms with Crippen LogP contribution in [-0.4, -0.2) is 44.6 Å². The molecule has 0 amide bonds. The highest BCUT2D eigenvalue weighted by molar-refractivity contribution is 5.85. The summed E-state index contributed by atoms with van der Waals surface area (Å²) in [4.78, 5) is 1.71. The predicted molar refractivity (Wildman–Crippen MR) is 59.0 cm³/mol. The fourth-order valence-corrected chi connectivity index (χ4v) is 1.62. The minimum absolute atomic E-state index is 0. The Morgan fingerprint density at radius 3 is 2.50 bits per heavy atom. The third-order valence-corrected chi connectivity index (χ3v) is 2.18. The summed E-state index contributed by atoms with van der Waals surface area (Å²) in [7, 11) is 1.75. The lowest BCUT2D eigenvalue weighted by Crippen LogP contribution is -2.30. The topological polar surface area (TPSA) is 15.3 Å². The number of rotatable bonds is 4. The second-order valence-electron chi connectivity index (χ2n) is 3.47. The van der Waals surface area contributed by atoms with Crippen molar-refractivity contribution in [3.05, 3.63) is 0 Å². The van der Waals surface area contributed by atoms with Crippen molar-refractivity contribution in [3.8, 4) is 0 Å². The van der Waals surface area contributed by atoms with Gasteiger partial charge in [-0.15, -0.1) is 24.8 Å². The van der Waals surface area contributed by atoms with Crippen molar-refractivity contribution in [2.45, 2.75) is 12.8 Å². The Morgan fingerprint density at radius 2 is 2.07 bits per heavy atom. The highest BCUT2D eigenvalue weighted by atomic mass is 35.5. The molecular formula is C8H18Cl2F2N2. The molecule has 1 fully saturated rings. The van der Waals surface area contributed by atoms with Crippen LogP contribution in [0.3, 0.4) is 0 Å². The molecule has 0 spiro atoms. The van der Waals surface area contributed by atoms with E-state index >= 15 is 0 Å². The number of hydrogen-bond acceptors (Lipinski definition) is 2. The van der Waals surface area contributed by atoms with Gasteiger partial charge in [0.1, 0.15) is 0 Å². The molecule has 14 heavy (non-hydrogen) atoms. The van der Waals surface area contributed by atoms with Gasteiger partial charge < -0.3 is 10.2 Å². The summed E-state index contributed by atoms with van der Waals surface area (Å²) in [5.41, 5.74) is 0. The van der Waals surface area contributed by atoms with E-state index in [1.54, 1.807) is 11.9 Å². The van der Waals surface area contributed by atoms with Gasteiger partial charge in [0, 0.05) is 6.54 Å². The first-order valence-electron chi connectivity index (χ1n) is 4.36. The summed E-state index contributed by atoms with van der Waals surface area (Å²) in [5.74, 6) is 0.564. The zero-order valence-corrected chi connectivity index (χ0v) is 9.84. The van der Waals surface area contributed by atoms with Crippen molar-refractivity contribution in [1.82, 2.24) is 10.2 Å². The maximum Gasteiger partial charge on any atom is 0.251 e. The molecule has 0 saturated carbocycles. The molecular weight excluding hydrogens is 233 g/mol. The van der Waals surface area contributed by atoms with Crippen LogP contribution in [0, 0.1) is 5.92 Å². The van der Waals surface area contributed by atoms with Crippen LogP contribution in [0.4, 0.5) is 8.78 Å². The number of nitrogens with zero attached hydrogens (tertiary/aromatic N) is 1. The van der Waals surface area contributed by atoms with E-state index in [1.165, 1.54) is 0 Å². The standard InChI is InChI=1S/C8H16F2N2.2ClH/c1-12(6-8(9)10)5-7-2-3-11-4-7;;/h7-8,11H,2-6H2,1H3;2*1H. The van der Waals surface area contributed by atoms with Crippen LogP contribution >= 0.6 is 24.8 Å². The lowest BCUT2D eigenvalue weighted by atomic mass is 10.1. The van der Waals surface area contributed by atoms with E-state index in [-0.39, 0.29) is 31.4 Å². The van der Waals surface area contributed by atoms with E-state index in [0.717, 1.165) is 26.1 Å². The second kappa shape index (κ2) is 8.65. The van der Waals surface area contributed by atoms with Gasteiger partial charge >= 0.3 is 0 Å². The number of alkyl halides is 2. The molecule has 0 radical (unpaired) electrons. The first-order chi connectivity index (χ1) is 5.68. The van der Waals surface area contributed by atoms with Gasteiger partial charge in [0.15, 0.2) is 0 Å². The summed E-state index contributed by atoms with van der Waals surface area (Å²) < 4.78 is 23.8. The van der Waals surface area contributed by atoms with E-state index < -0.39 is 6.43 Å². The molecule has 1 heterocycles. The minimum atomic E-state index is -2.20. The number of hydrogen-bond donors (Lipinski definition) is 1. The third-order valence-electron chi connectivity index (χ3n) is 2.18. The van der Waals surface area contributed by atoms with Crippen LogP contribution in [-0.2, 0) is 0 Å². The van der Waals surface area contributed by atoms with Gasteiger partial charge in [0.05, 0.1) is 6.54 Å². The maximum absolute atomic E-state index is 11.9. The molecule has 0 bridgehead atoms. The van der Waals surface area contributed by atoms with Crippen LogP contribution in [0.1, 0.15) is 6.42 Å². The fourth-order valence-electron chi connectivity index (χ4n) is 1.62. The lowest BCUT2D eigenvalue weighted by molar-refractivity contribution is 0.0944. The molecule has 1 N–H and O–H groups in total. The molecule has 1 unspecified atom stereocenters. The minimum Gasteiger partial charge on any atom is -0.316 e. The quantitative estimate of drug-likeness (QED) is 0.817. The number of nitrogens with one attached hydrogen (secondary N) is 1. The summed E-state index contributed by atoms with van der Waals surface area (Å²) in [6.45, 7) is 2.70. The summed E-state index contributed by atoms with van der Waals surface area (Å²) in [6, 6.07) is 0. The smallest absolute Gasteiger partial charge is 0.251 e. The first-order valence-corrected chi connectivity index (χ1v) is 4.36. The summed E-state index contributed by atoms with van der Waals surface area (Å²) in [6.07, 6.45) is -1.09. The van der Waals surface area contributed by atoms with E-state index in [0.29, 0.717) is 5.92 Å². The van der Waals surface area contributed by atoms with Crippen molar-refractivity contribution < 1.29 is 8.78 Å². The molecule has 2 nitrogen and oxygen atoms in total. The van der Waals surface area contributed by atoms with Crippen LogP contribution in [0.2, 0.25) is 0 Å². The summed E-state index contributed by atoms with van der Waals surface area (Å²) >= 11 is 0. The Bertz CT molecular complexity index is 133. The molecule has 0 aromatic carbocycles. The van der Waals surface area contributed by atoms with E-state index in [2.05, 4.69) is 5.32 Å². The van der Waals surface area contributed by atoms with Crippen LogP contribution < -0.4 is 5.32 Å². The lowest BCUT2D eigenvalue weighted by Gasteiger charge is -2.19. The molecule has 0 aliphatic carbocycles. The average Bonchev–Trinajstić information content (AvgIpc) is 2.37. The molecule has 1 aliphatic heterocycles. The van der Waals surface area contributed by atoms with E-state index in [4.69, 9.17) is 0 Å². The van der Waals surface area contributed by atoms with Gasteiger partial charge in [-0.3, -0.25) is 0 Å². The molecule has 1 aliphatic rings. The number of halogens is 4. The molecule has 0 aromatic heterocycles. The first kappa shape index (κ1) is 16.8. The Labute approximate surface area is 96.2 Å². The van der Waals surface area contributed by atoms with Crippen LogP contribution in [0.15, 0.2) is 0 Å². The Balaban J connectivity index is 0. The second-order valence-corrected chi connectivity index (χ2v) is 3.47. The van der Waals surface area contributed by atoms with Gasteiger partial charge in [-0.1, -0.05) is 0 Å². The zero-order valence-electron chi connectivity index (χ0n) is 8.21. The molecule has 1 rings (SSSR count). The van der Waals surface area contributed by atoms with Gasteiger partial charge in [0.25, 0.3) is 6.43 Å². The molecule has 6 heteroatoms. The van der Waals surface area contributed by atoms with E-state index in [1.807, 2.05) is 0 Å². The van der Waals surface area contributed by atoms with Gasteiger partial charge in [-0.25, -0.2) is 8.78 Å². The summed E-state index contributed by atoms with van der Waals surface area (Å²) in [5, 5.41) is 3.22. The fraction of sp³-hybridized carbons (Fsp3) is 1.00. The van der Waals surface area contributed by atoms with Crippen molar-refractivity contribution in [1.29, 1.82) is 0 Å². The normalized spacial score (nSPS) is 20.8. The highest BCUT2D eigenvalue weighted by Gasteiger charge is 2.17. The highest BCUT2D eigenvalue weighted by Crippen LogP contribution is 2.09. The van der Waals surface area contributed by atoms with Crippen molar-refractivity contribution in [2.75, 3.05) is 33.2 Å². The van der Waals surface area contributed by atoms with Crippen molar-refractivity contribution in [2.24, 2.45) is 5.92 Å². The molecule has 88 valence electrons. The Morgan fingerprint density at radius 1 is 1.43 bits per heavy atom.